The summed E-state index contributed by atoms with van der Waals surface area (Å²) in [4.78, 5) is 12.4. The summed E-state index contributed by atoms with van der Waals surface area (Å²) in [5, 5.41) is 9.59. The maximum atomic E-state index is 10.6. The van der Waals surface area contributed by atoms with Crippen molar-refractivity contribution in [3.8, 4) is 0 Å². The van der Waals surface area contributed by atoms with Gasteiger partial charge in [-0.2, -0.15) is 0 Å². The molecular formula is C11H14Cl2N2O2. The fourth-order valence-electron chi connectivity index (χ4n) is 1.44. The molecule has 0 amide bonds. The average molecular weight is 277 g/mol. The number of carbonyl (C=O) groups is 1. The van der Waals surface area contributed by atoms with Crippen molar-refractivity contribution >= 4 is 34.9 Å². The Balaban J connectivity index is 2.81. The third-order valence-electron chi connectivity index (χ3n) is 2.26. The standard InChI is InChI=1S/C11H14Cl2N2O2/c12-9-2-1-8(7-10(9)13)15(6-4-14)5-3-11(16)17/h1-2,7H,3-6,14H2,(H,16,17). The van der Waals surface area contributed by atoms with Crippen LogP contribution in [0, 0.1) is 0 Å². The summed E-state index contributed by atoms with van der Waals surface area (Å²) in [6.07, 6.45) is 0.0558. The lowest BCUT2D eigenvalue weighted by Gasteiger charge is -2.23. The number of hydrogen-bond donors (Lipinski definition) is 2. The van der Waals surface area contributed by atoms with Crippen LogP contribution in [0.3, 0.4) is 0 Å². The van der Waals surface area contributed by atoms with Crippen molar-refractivity contribution in [2.75, 3.05) is 24.5 Å². The number of anilines is 1. The lowest BCUT2D eigenvalue weighted by Crippen LogP contribution is -2.31. The highest BCUT2D eigenvalue weighted by Crippen LogP contribution is 2.27. The number of aliphatic carboxylic acids is 1. The summed E-state index contributed by atoms with van der Waals surface area (Å²) >= 11 is 11.7. The minimum atomic E-state index is -0.841. The fraction of sp³-hybridized carbons (Fsp3) is 0.364. The molecule has 1 rings (SSSR count). The van der Waals surface area contributed by atoms with E-state index in [0.29, 0.717) is 29.7 Å². The third-order valence-corrected chi connectivity index (χ3v) is 3.00. The van der Waals surface area contributed by atoms with Crippen LogP contribution in [0.5, 0.6) is 0 Å². The van der Waals surface area contributed by atoms with Gasteiger partial charge < -0.3 is 15.7 Å². The summed E-state index contributed by atoms with van der Waals surface area (Å²) < 4.78 is 0. The minimum absolute atomic E-state index is 0.0558. The van der Waals surface area contributed by atoms with Crippen molar-refractivity contribution in [3.63, 3.8) is 0 Å². The van der Waals surface area contributed by atoms with Crippen LogP contribution in [-0.2, 0) is 4.79 Å². The number of nitrogens with zero attached hydrogens (tertiary/aromatic N) is 1. The van der Waals surface area contributed by atoms with Crippen LogP contribution in [0.2, 0.25) is 10.0 Å². The first kappa shape index (κ1) is 14.1. The van der Waals surface area contributed by atoms with Gasteiger partial charge in [-0.05, 0) is 18.2 Å². The van der Waals surface area contributed by atoms with Gasteiger partial charge in [-0.25, -0.2) is 0 Å². The smallest absolute Gasteiger partial charge is 0.305 e. The van der Waals surface area contributed by atoms with Gasteiger partial charge in [-0.15, -0.1) is 0 Å². The van der Waals surface area contributed by atoms with Crippen LogP contribution in [-0.4, -0.2) is 30.7 Å². The SMILES string of the molecule is NCCN(CCC(=O)O)c1ccc(Cl)c(Cl)c1. The first-order chi connectivity index (χ1) is 8.04. The molecule has 0 aliphatic heterocycles. The van der Waals surface area contributed by atoms with Crippen LogP contribution >= 0.6 is 23.2 Å². The highest BCUT2D eigenvalue weighted by molar-refractivity contribution is 6.42. The Bertz CT molecular complexity index is 399. The van der Waals surface area contributed by atoms with E-state index in [9.17, 15) is 4.79 Å². The number of carboxylic acids is 1. The van der Waals surface area contributed by atoms with E-state index in [2.05, 4.69) is 0 Å². The molecule has 0 saturated heterocycles. The van der Waals surface area contributed by atoms with Gasteiger partial charge in [0.2, 0.25) is 0 Å². The van der Waals surface area contributed by atoms with Crippen LogP contribution in [0.1, 0.15) is 6.42 Å². The number of benzene rings is 1. The monoisotopic (exact) mass is 276 g/mol. The van der Waals surface area contributed by atoms with Crippen LogP contribution in [0.4, 0.5) is 5.69 Å². The maximum absolute atomic E-state index is 10.6. The maximum Gasteiger partial charge on any atom is 0.305 e. The molecule has 0 aliphatic carbocycles. The molecule has 3 N–H and O–H groups in total. The van der Waals surface area contributed by atoms with Gasteiger partial charge in [0.25, 0.3) is 0 Å². The Kier molecular flexibility index (Phi) is 5.55. The Hall–Kier alpha value is -0.970. The first-order valence-electron chi connectivity index (χ1n) is 5.16. The number of carboxylic acid groups (broad SMARTS) is 1. The highest BCUT2D eigenvalue weighted by Gasteiger charge is 2.09. The quantitative estimate of drug-likeness (QED) is 0.836. The molecule has 0 saturated carbocycles. The molecule has 94 valence electrons. The van der Waals surface area contributed by atoms with Gasteiger partial charge in [-0.3, -0.25) is 4.79 Å². The molecule has 0 bridgehead atoms. The molecule has 0 atom stereocenters. The van der Waals surface area contributed by atoms with Crippen LogP contribution < -0.4 is 10.6 Å². The summed E-state index contributed by atoms with van der Waals surface area (Å²) in [6, 6.07) is 5.19. The number of rotatable bonds is 6. The molecule has 6 heteroatoms. The summed E-state index contributed by atoms with van der Waals surface area (Å²) in [5.41, 5.74) is 6.32. The van der Waals surface area contributed by atoms with E-state index in [4.69, 9.17) is 34.0 Å². The minimum Gasteiger partial charge on any atom is -0.481 e. The lowest BCUT2D eigenvalue weighted by molar-refractivity contribution is -0.136. The number of halogens is 2. The van der Waals surface area contributed by atoms with Gasteiger partial charge in [0, 0.05) is 25.3 Å². The Labute approximate surface area is 110 Å². The van der Waals surface area contributed by atoms with Crippen molar-refractivity contribution in [1.82, 2.24) is 0 Å². The van der Waals surface area contributed by atoms with E-state index < -0.39 is 5.97 Å². The van der Waals surface area contributed by atoms with Crippen LogP contribution in [0.15, 0.2) is 18.2 Å². The van der Waals surface area contributed by atoms with E-state index in [0.717, 1.165) is 5.69 Å². The predicted molar refractivity (Wildman–Crippen MR) is 70.0 cm³/mol. The molecule has 0 unspecified atom stereocenters. The van der Waals surface area contributed by atoms with E-state index in [-0.39, 0.29) is 6.42 Å². The molecule has 17 heavy (non-hydrogen) atoms. The fourth-order valence-corrected chi connectivity index (χ4v) is 1.73. The molecule has 4 nitrogen and oxygen atoms in total. The normalized spacial score (nSPS) is 10.3. The number of hydrogen-bond acceptors (Lipinski definition) is 3. The average Bonchev–Trinajstić information content (AvgIpc) is 2.28. The zero-order valence-electron chi connectivity index (χ0n) is 9.20. The summed E-state index contributed by atoms with van der Waals surface area (Å²) in [6.45, 7) is 1.41. The topological polar surface area (TPSA) is 66.6 Å². The second kappa shape index (κ2) is 6.69. The van der Waals surface area contributed by atoms with Gasteiger partial charge >= 0.3 is 5.97 Å². The van der Waals surface area contributed by atoms with Crippen molar-refractivity contribution in [2.24, 2.45) is 5.73 Å². The Morgan fingerprint density at radius 1 is 1.29 bits per heavy atom. The van der Waals surface area contributed by atoms with Gasteiger partial charge in [0.1, 0.15) is 0 Å². The van der Waals surface area contributed by atoms with Crippen molar-refractivity contribution < 1.29 is 9.90 Å². The van der Waals surface area contributed by atoms with Gasteiger partial charge in [-0.1, -0.05) is 23.2 Å². The second-order valence-electron chi connectivity index (χ2n) is 3.52. The zero-order chi connectivity index (χ0) is 12.8. The zero-order valence-corrected chi connectivity index (χ0v) is 10.7. The Morgan fingerprint density at radius 2 is 2.00 bits per heavy atom. The van der Waals surface area contributed by atoms with Crippen molar-refractivity contribution in [3.05, 3.63) is 28.2 Å². The molecule has 0 heterocycles. The van der Waals surface area contributed by atoms with Gasteiger partial charge in [0.15, 0.2) is 0 Å². The summed E-state index contributed by atoms with van der Waals surface area (Å²) in [7, 11) is 0. The molecule has 0 radical (unpaired) electrons. The highest BCUT2D eigenvalue weighted by atomic mass is 35.5. The Morgan fingerprint density at radius 3 is 2.53 bits per heavy atom. The molecule has 1 aromatic rings. The first-order valence-corrected chi connectivity index (χ1v) is 5.92. The summed E-state index contributed by atoms with van der Waals surface area (Å²) in [5.74, 6) is -0.841. The van der Waals surface area contributed by atoms with Crippen molar-refractivity contribution in [2.45, 2.75) is 6.42 Å². The van der Waals surface area contributed by atoms with E-state index in [1.54, 1.807) is 18.2 Å². The lowest BCUT2D eigenvalue weighted by atomic mass is 10.2. The van der Waals surface area contributed by atoms with Crippen LogP contribution in [0.25, 0.3) is 0 Å². The van der Waals surface area contributed by atoms with Crippen molar-refractivity contribution in [1.29, 1.82) is 0 Å². The predicted octanol–water partition coefficient (Wildman–Crippen LogP) is 2.23. The molecule has 0 fully saturated rings. The molecular weight excluding hydrogens is 263 g/mol. The third kappa shape index (κ3) is 4.42. The molecule has 0 aromatic heterocycles. The second-order valence-corrected chi connectivity index (χ2v) is 4.33. The van der Waals surface area contributed by atoms with E-state index >= 15 is 0 Å². The van der Waals surface area contributed by atoms with E-state index in [1.165, 1.54) is 0 Å². The molecule has 0 aliphatic rings. The number of nitrogens with two attached hydrogens (primary N) is 1. The van der Waals surface area contributed by atoms with E-state index in [1.807, 2.05) is 4.90 Å². The molecule has 0 spiro atoms. The largest absolute Gasteiger partial charge is 0.481 e. The molecule has 1 aromatic carbocycles. The van der Waals surface area contributed by atoms with Gasteiger partial charge in [0.05, 0.1) is 16.5 Å².